The van der Waals surface area contributed by atoms with Crippen molar-refractivity contribution in [2.75, 3.05) is 0 Å². The van der Waals surface area contributed by atoms with Gasteiger partial charge in [0.1, 0.15) is 5.75 Å². The molecule has 122 valence electrons. The maximum atomic E-state index is 10.4. The van der Waals surface area contributed by atoms with E-state index in [9.17, 15) is 5.11 Å². The molecule has 0 unspecified atom stereocenters. The zero-order valence-corrected chi connectivity index (χ0v) is 14.2. The minimum absolute atomic E-state index is 0.471. The van der Waals surface area contributed by atoms with Crippen LogP contribution in [0.25, 0.3) is 0 Å². The lowest BCUT2D eigenvalue weighted by Gasteiger charge is -2.12. The van der Waals surface area contributed by atoms with Gasteiger partial charge in [0.2, 0.25) is 0 Å². The molecule has 0 aliphatic heterocycles. The van der Waals surface area contributed by atoms with E-state index in [2.05, 4.69) is 32.2 Å². The molecule has 1 N–H and O–H groups in total. The standard InChI is InChI=1S/C21H32O/c1-4-7-8-9-10-11-12-15-20-17-18(13-5-2)16-19(14-6-3)21(20)22/h5-6,16-17,22H,2-4,7-15H2,1H3. The van der Waals surface area contributed by atoms with Crippen LogP contribution in [-0.2, 0) is 19.3 Å². The lowest BCUT2D eigenvalue weighted by Crippen LogP contribution is -1.95. The smallest absolute Gasteiger partial charge is 0.122 e. The summed E-state index contributed by atoms with van der Waals surface area (Å²) in [6, 6.07) is 4.22. The normalized spacial score (nSPS) is 10.6. The van der Waals surface area contributed by atoms with Crippen LogP contribution in [0.2, 0.25) is 0 Å². The van der Waals surface area contributed by atoms with Gasteiger partial charge in [0, 0.05) is 0 Å². The van der Waals surface area contributed by atoms with Crippen molar-refractivity contribution in [2.24, 2.45) is 0 Å². The van der Waals surface area contributed by atoms with Crippen molar-refractivity contribution in [3.8, 4) is 5.75 Å². The molecule has 0 bridgehead atoms. The molecule has 0 aliphatic carbocycles. The maximum Gasteiger partial charge on any atom is 0.122 e. The zero-order valence-electron chi connectivity index (χ0n) is 14.2. The van der Waals surface area contributed by atoms with Crippen molar-refractivity contribution in [3.05, 3.63) is 54.1 Å². The molecule has 0 aliphatic rings. The second kappa shape index (κ2) is 11.1. The topological polar surface area (TPSA) is 20.2 Å². The average Bonchev–Trinajstić information content (AvgIpc) is 2.51. The van der Waals surface area contributed by atoms with Gasteiger partial charge in [-0.15, -0.1) is 13.2 Å². The Hall–Kier alpha value is -1.50. The molecule has 1 rings (SSSR count). The van der Waals surface area contributed by atoms with Crippen LogP contribution in [0.1, 0.15) is 68.6 Å². The van der Waals surface area contributed by atoms with Gasteiger partial charge in [-0.1, -0.05) is 69.7 Å². The summed E-state index contributed by atoms with van der Waals surface area (Å²) in [5.41, 5.74) is 3.32. The molecule has 0 heterocycles. The molecule has 0 amide bonds. The number of aryl methyl sites for hydroxylation is 1. The number of hydrogen-bond acceptors (Lipinski definition) is 1. The molecule has 0 saturated heterocycles. The maximum absolute atomic E-state index is 10.4. The SMILES string of the molecule is C=CCc1cc(CC=C)c(O)c(CCCCCCCCC)c1. The third-order valence-electron chi connectivity index (χ3n) is 4.12. The minimum atomic E-state index is 0.471. The van der Waals surface area contributed by atoms with Gasteiger partial charge in [0.15, 0.2) is 0 Å². The van der Waals surface area contributed by atoms with E-state index < -0.39 is 0 Å². The third kappa shape index (κ3) is 6.51. The second-order valence-corrected chi connectivity index (χ2v) is 6.12. The van der Waals surface area contributed by atoms with Crippen molar-refractivity contribution < 1.29 is 5.11 Å². The van der Waals surface area contributed by atoms with Crippen molar-refractivity contribution in [1.29, 1.82) is 0 Å². The van der Waals surface area contributed by atoms with Crippen LogP contribution in [0.15, 0.2) is 37.4 Å². The number of hydrogen-bond donors (Lipinski definition) is 1. The van der Waals surface area contributed by atoms with Crippen molar-refractivity contribution in [3.63, 3.8) is 0 Å². The summed E-state index contributed by atoms with van der Waals surface area (Å²) < 4.78 is 0. The van der Waals surface area contributed by atoms with Gasteiger partial charge in [0.25, 0.3) is 0 Å². The Morgan fingerprint density at radius 3 is 2.09 bits per heavy atom. The van der Waals surface area contributed by atoms with E-state index in [0.717, 1.165) is 36.8 Å². The zero-order chi connectivity index (χ0) is 16.2. The fraction of sp³-hybridized carbons (Fsp3) is 0.524. The van der Waals surface area contributed by atoms with Gasteiger partial charge in [-0.3, -0.25) is 0 Å². The monoisotopic (exact) mass is 300 g/mol. The highest BCUT2D eigenvalue weighted by Gasteiger charge is 2.08. The summed E-state index contributed by atoms with van der Waals surface area (Å²) in [6.45, 7) is 9.84. The largest absolute Gasteiger partial charge is 0.507 e. The Balaban J connectivity index is 2.56. The molecular weight excluding hydrogens is 268 g/mol. The summed E-state index contributed by atoms with van der Waals surface area (Å²) >= 11 is 0. The highest BCUT2D eigenvalue weighted by Crippen LogP contribution is 2.27. The highest BCUT2D eigenvalue weighted by molar-refractivity contribution is 5.45. The highest BCUT2D eigenvalue weighted by atomic mass is 16.3. The number of benzene rings is 1. The third-order valence-corrected chi connectivity index (χ3v) is 4.12. The molecule has 1 aromatic rings. The van der Waals surface area contributed by atoms with E-state index in [4.69, 9.17) is 0 Å². The number of rotatable bonds is 12. The van der Waals surface area contributed by atoms with Crippen LogP contribution in [-0.4, -0.2) is 5.11 Å². The summed E-state index contributed by atoms with van der Waals surface area (Å²) in [4.78, 5) is 0. The Morgan fingerprint density at radius 1 is 0.864 bits per heavy atom. The number of phenolic OH excluding ortho intramolecular Hbond substituents is 1. The van der Waals surface area contributed by atoms with Crippen LogP contribution in [0.5, 0.6) is 5.75 Å². The first kappa shape index (κ1) is 18.5. The molecule has 0 saturated carbocycles. The van der Waals surface area contributed by atoms with Crippen LogP contribution >= 0.6 is 0 Å². The fourth-order valence-corrected chi connectivity index (χ4v) is 2.89. The first-order valence-corrected chi connectivity index (χ1v) is 8.78. The van der Waals surface area contributed by atoms with Gasteiger partial charge in [-0.25, -0.2) is 0 Å². The fourth-order valence-electron chi connectivity index (χ4n) is 2.89. The predicted molar refractivity (Wildman–Crippen MR) is 97.6 cm³/mol. The van der Waals surface area contributed by atoms with Gasteiger partial charge in [0.05, 0.1) is 0 Å². The van der Waals surface area contributed by atoms with E-state index >= 15 is 0 Å². The van der Waals surface area contributed by atoms with Crippen LogP contribution in [0.4, 0.5) is 0 Å². The number of aromatic hydroxyl groups is 1. The Kier molecular flexibility index (Phi) is 9.37. The Bertz CT molecular complexity index is 459. The van der Waals surface area contributed by atoms with Gasteiger partial charge in [-0.2, -0.15) is 0 Å². The van der Waals surface area contributed by atoms with Crippen molar-refractivity contribution in [1.82, 2.24) is 0 Å². The van der Waals surface area contributed by atoms with Crippen molar-refractivity contribution in [2.45, 2.75) is 71.1 Å². The quantitative estimate of drug-likeness (QED) is 0.363. The van der Waals surface area contributed by atoms with Gasteiger partial charge >= 0.3 is 0 Å². The first-order valence-electron chi connectivity index (χ1n) is 8.78. The van der Waals surface area contributed by atoms with Gasteiger partial charge in [-0.05, 0) is 42.4 Å². The minimum Gasteiger partial charge on any atom is -0.507 e. The average molecular weight is 300 g/mol. The molecule has 0 radical (unpaired) electrons. The van der Waals surface area contributed by atoms with E-state index in [1.54, 1.807) is 0 Å². The molecular formula is C21H32O. The van der Waals surface area contributed by atoms with Crippen molar-refractivity contribution >= 4 is 0 Å². The Morgan fingerprint density at radius 2 is 1.45 bits per heavy atom. The van der Waals surface area contributed by atoms with E-state index in [1.165, 1.54) is 44.1 Å². The van der Waals surface area contributed by atoms with Crippen LogP contribution in [0.3, 0.4) is 0 Å². The van der Waals surface area contributed by atoms with Crippen LogP contribution < -0.4 is 0 Å². The molecule has 0 atom stereocenters. The molecule has 22 heavy (non-hydrogen) atoms. The number of allylic oxidation sites excluding steroid dienone is 2. The van der Waals surface area contributed by atoms with E-state index in [1.807, 2.05) is 12.2 Å². The molecule has 0 spiro atoms. The van der Waals surface area contributed by atoms with E-state index in [0.29, 0.717) is 5.75 Å². The molecule has 1 heteroatoms. The molecule has 0 aromatic heterocycles. The summed E-state index contributed by atoms with van der Waals surface area (Å²) in [7, 11) is 0. The number of phenols is 1. The summed E-state index contributed by atoms with van der Waals surface area (Å²) in [6.07, 6.45) is 15.4. The molecule has 1 aromatic carbocycles. The van der Waals surface area contributed by atoms with E-state index in [-0.39, 0.29) is 0 Å². The molecule has 0 fully saturated rings. The summed E-state index contributed by atoms with van der Waals surface area (Å²) in [5.74, 6) is 0.471. The lowest BCUT2D eigenvalue weighted by atomic mass is 9.96. The second-order valence-electron chi connectivity index (χ2n) is 6.12. The summed E-state index contributed by atoms with van der Waals surface area (Å²) in [5, 5.41) is 10.4. The number of unbranched alkanes of at least 4 members (excludes halogenated alkanes) is 6. The predicted octanol–water partition coefficient (Wildman–Crippen LogP) is 6.14. The lowest BCUT2D eigenvalue weighted by molar-refractivity contribution is 0.460. The molecule has 1 nitrogen and oxygen atoms in total. The first-order chi connectivity index (χ1) is 10.7. The van der Waals surface area contributed by atoms with Crippen LogP contribution in [0, 0.1) is 0 Å². The Labute approximate surface area is 136 Å². The van der Waals surface area contributed by atoms with Gasteiger partial charge < -0.3 is 5.11 Å².